The molecule has 0 unspecified atom stereocenters. The van der Waals surface area contributed by atoms with E-state index in [2.05, 4.69) is 10.3 Å². The van der Waals surface area contributed by atoms with Crippen LogP contribution in [0.2, 0.25) is 10.0 Å². The van der Waals surface area contributed by atoms with E-state index in [4.69, 9.17) is 23.2 Å². The smallest absolute Gasteiger partial charge is 0.346 e. The molecule has 1 aromatic heterocycles. The van der Waals surface area contributed by atoms with Crippen LogP contribution in [0.3, 0.4) is 0 Å². The van der Waals surface area contributed by atoms with Crippen molar-refractivity contribution in [3.05, 3.63) is 105 Å². The van der Waals surface area contributed by atoms with Gasteiger partial charge in [0.15, 0.2) is 5.78 Å². The second kappa shape index (κ2) is 10.2. The minimum absolute atomic E-state index is 0.00338. The van der Waals surface area contributed by atoms with Crippen LogP contribution in [-0.2, 0) is 6.54 Å². The van der Waals surface area contributed by atoms with Gasteiger partial charge in [-0.05, 0) is 66.6 Å². The van der Waals surface area contributed by atoms with Gasteiger partial charge in [0, 0.05) is 27.4 Å². The molecule has 0 fully saturated rings. The Labute approximate surface area is 198 Å². The highest BCUT2D eigenvalue weighted by atomic mass is 35.5. The lowest BCUT2D eigenvalue weighted by Gasteiger charge is -2.13. The molecule has 0 radical (unpaired) electrons. The van der Waals surface area contributed by atoms with E-state index in [0.717, 1.165) is 12.1 Å². The molecule has 33 heavy (non-hydrogen) atoms. The maximum Gasteiger partial charge on any atom is 0.417 e. The van der Waals surface area contributed by atoms with Gasteiger partial charge in [-0.3, -0.25) is 14.6 Å². The minimum atomic E-state index is -4.82. The summed E-state index contributed by atoms with van der Waals surface area (Å²) in [5.41, 5.74) is -0.0940. The van der Waals surface area contributed by atoms with E-state index in [9.17, 15) is 22.8 Å². The van der Waals surface area contributed by atoms with Crippen molar-refractivity contribution in [2.45, 2.75) is 19.6 Å². The second-order valence-corrected chi connectivity index (χ2v) is 7.98. The van der Waals surface area contributed by atoms with Gasteiger partial charge in [-0.25, -0.2) is 0 Å². The highest BCUT2D eigenvalue weighted by molar-refractivity contribution is 6.35. The molecule has 9 heteroatoms. The van der Waals surface area contributed by atoms with E-state index < -0.39 is 23.4 Å². The Hall–Kier alpha value is -3.16. The summed E-state index contributed by atoms with van der Waals surface area (Å²) in [5.74, 6) is -1.26. The molecule has 1 N–H and O–H groups in total. The minimum Gasteiger partial charge on any atom is -0.346 e. The van der Waals surface area contributed by atoms with Gasteiger partial charge >= 0.3 is 6.18 Å². The zero-order valence-corrected chi connectivity index (χ0v) is 18.7. The number of rotatable bonds is 6. The van der Waals surface area contributed by atoms with E-state index in [1.165, 1.54) is 24.3 Å². The van der Waals surface area contributed by atoms with Crippen LogP contribution in [0.15, 0.2) is 66.9 Å². The number of halogens is 5. The van der Waals surface area contributed by atoms with Crippen LogP contribution < -0.4 is 5.32 Å². The number of benzene rings is 2. The van der Waals surface area contributed by atoms with Crippen molar-refractivity contribution < 1.29 is 22.8 Å². The Bertz CT molecular complexity index is 1210. The Balaban J connectivity index is 1.84. The number of nitrogens with zero attached hydrogens (tertiary/aromatic N) is 1. The van der Waals surface area contributed by atoms with Crippen molar-refractivity contribution >= 4 is 40.5 Å². The summed E-state index contributed by atoms with van der Waals surface area (Å²) < 4.78 is 41.0. The second-order valence-electron chi connectivity index (χ2n) is 7.11. The van der Waals surface area contributed by atoms with Crippen molar-refractivity contribution in [1.82, 2.24) is 10.3 Å². The molecule has 1 heterocycles. The molecule has 0 aliphatic rings. The molecule has 3 aromatic rings. The number of carbonyl (C=O) groups excluding carboxylic acids is 2. The largest absolute Gasteiger partial charge is 0.417 e. The normalized spacial score (nSPS) is 11.9. The summed E-state index contributed by atoms with van der Waals surface area (Å²) >= 11 is 11.6. The third-order valence-electron chi connectivity index (χ3n) is 4.67. The van der Waals surface area contributed by atoms with Crippen LogP contribution in [0, 0.1) is 6.92 Å². The molecular formula is C24H17Cl2F3N2O2. The molecule has 170 valence electrons. The first-order valence-corrected chi connectivity index (χ1v) is 10.4. The predicted octanol–water partition coefficient (Wildman–Crippen LogP) is 6.46. The van der Waals surface area contributed by atoms with Gasteiger partial charge in [0.2, 0.25) is 0 Å². The summed E-state index contributed by atoms with van der Waals surface area (Å²) in [4.78, 5) is 29.2. The van der Waals surface area contributed by atoms with Crippen molar-refractivity contribution in [2.24, 2.45) is 0 Å². The standard InChI is InChI=1S/C24H17Cl2F3N2O2/c1-14-8-15(5-6-20(14)23(33)31-13-19-4-2-3-7-30-19)22(32)12-21(24(27,28)29)16-9-17(25)11-18(26)10-16/h2-12H,13H2,1H3,(H,31,33). The van der Waals surface area contributed by atoms with Crippen LogP contribution >= 0.6 is 23.2 Å². The summed E-state index contributed by atoms with van der Waals surface area (Å²) in [5, 5.41) is 2.74. The summed E-state index contributed by atoms with van der Waals surface area (Å²) in [7, 11) is 0. The maximum atomic E-state index is 13.7. The van der Waals surface area contributed by atoms with Gasteiger partial charge < -0.3 is 5.32 Å². The SMILES string of the molecule is Cc1cc(C(=O)C=C(c2cc(Cl)cc(Cl)c2)C(F)(F)F)ccc1C(=O)NCc1ccccn1. The third kappa shape index (κ3) is 6.43. The van der Waals surface area contributed by atoms with Gasteiger partial charge in [-0.2, -0.15) is 13.2 Å². The van der Waals surface area contributed by atoms with E-state index in [0.29, 0.717) is 22.9 Å². The fraction of sp³-hybridized carbons (Fsp3) is 0.125. The molecule has 0 aliphatic carbocycles. The number of carbonyl (C=O) groups is 2. The number of aromatic nitrogens is 1. The molecule has 0 spiro atoms. The molecular weight excluding hydrogens is 476 g/mol. The van der Waals surface area contributed by atoms with E-state index in [-0.39, 0.29) is 27.7 Å². The summed E-state index contributed by atoms with van der Waals surface area (Å²) in [6.07, 6.45) is -2.71. The molecule has 0 saturated carbocycles. The number of hydrogen-bond donors (Lipinski definition) is 1. The first-order chi connectivity index (χ1) is 15.5. The van der Waals surface area contributed by atoms with Crippen LogP contribution in [0.5, 0.6) is 0 Å². The number of ketones is 1. The molecule has 0 aliphatic heterocycles. The Morgan fingerprint density at radius 2 is 1.70 bits per heavy atom. The van der Waals surface area contributed by atoms with E-state index >= 15 is 0 Å². The average molecular weight is 493 g/mol. The number of amides is 1. The summed E-state index contributed by atoms with van der Waals surface area (Å²) in [6, 6.07) is 12.8. The lowest BCUT2D eigenvalue weighted by molar-refractivity contribution is -0.0689. The topological polar surface area (TPSA) is 59.1 Å². The van der Waals surface area contributed by atoms with Gasteiger partial charge in [0.1, 0.15) is 0 Å². The number of aryl methyl sites for hydroxylation is 1. The number of alkyl halides is 3. The van der Waals surface area contributed by atoms with Gasteiger partial charge in [-0.1, -0.05) is 35.3 Å². The third-order valence-corrected chi connectivity index (χ3v) is 5.10. The predicted molar refractivity (Wildman–Crippen MR) is 121 cm³/mol. The average Bonchev–Trinajstić information content (AvgIpc) is 2.74. The summed E-state index contributed by atoms with van der Waals surface area (Å²) in [6.45, 7) is 1.80. The Morgan fingerprint density at radius 1 is 1.00 bits per heavy atom. The lowest BCUT2D eigenvalue weighted by Crippen LogP contribution is -2.24. The molecule has 4 nitrogen and oxygen atoms in total. The van der Waals surface area contributed by atoms with Gasteiger partial charge in [0.05, 0.1) is 17.8 Å². The highest BCUT2D eigenvalue weighted by Crippen LogP contribution is 2.36. The molecule has 0 saturated heterocycles. The lowest BCUT2D eigenvalue weighted by atomic mass is 9.98. The van der Waals surface area contributed by atoms with Crippen molar-refractivity contribution in [2.75, 3.05) is 0 Å². The molecule has 1 amide bonds. The van der Waals surface area contributed by atoms with Crippen LogP contribution in [0.25, 0.3) is 5.57 Å². The fourth-order valence-corrected chi connectivity index (χ4v) is 3.62. The van der Waals surface area contributed by atoms with Crippen LogP contribution in [0.1, 0.15) is 37.5 Å². The van der Waals surface area contributed by atoms with Crippen molar-refractivity contribution in [1.29, 1.82) is 0 Å². The zero-order valence-electron chi connectivity index (χ0n) is 17.2. The Morgan fingerprint density at radius 3 is 2.27 bits per heavy atom. The Kier molecular flexibility index (Phi) is 7.56. The van der Waals surface area contributed by atoms with E-state index in [1.54, 1.807) is 31.3 Å². The monoisotopic (exact) mass is 492 g/mol. The fourth-order valence-electron chi connectivity index (χ4n) is 3.09. The number of pyridine rings is 1. The van der Waals surface area contributed by atoms with Crippen molar-refractivity contribution in [3.63, 3.8) is 0 Å². The van der Waals surface area contributed by atoms with Crippen molar-refractivity contribution in [3.8, 4) is 0 Å². The number of allylic oxidation sites excluding steroid dienone is 2. The molecule has 3 rings (SSSR count). The van der Waals surface area contributed by atoms with Crippen LogP contribution in [0.4, 0.5) is 13.2 Å². The maximum absolute atomic E-state index is 13.7. The zero-order chi connectivity index (χ0) is 24.2. The number of hydrogen-bond acceptors (Lipinski definition) is 3. The molecule has 0 bridgehead atoms. The first-order valence-electron chi connectivity index (χ1n) is 9.63. The first kappa shape index (κ1) is 24.5. The molecule has 0 atom stereocenters. The van der Waals surface area contributed by atoms with Gasteiger partial charge in [0.25, 0.3) is 5.91 Å². The highest BCUT2D eigenvalue weighted by Gasteiger charge is 2.35. The number of nitrogens with one attached hydrogen (secondary N) is 1. The van der Waals surface area contributed by atoms with E-state index in [1.807, 2.05) is 0 Å². The quantitative estimate of drug-likeness (QED) is 0.317. The van der Waals surface area contributed by atoms with Gasteiger partial charge in [-0.15, -0.1) is 0 Å². The van der Waals surface area contributed by atoms with Crippen LogP contribution in [-0.4, -0.2) is 22.9 Å². The molecule has 2 aromatic carbocycles.